The number of carbonyl (C=O) groups excluding carboxylic acids is 1. The maximum Gasteiger partial charge on any atom is 0.240 e. The van der Waals surface area contributed by atoms with Gasteiger partial charge < -0.3 is 15.7 Å². The maximum atomic E-state index is 11.8. The Morgan fingerprint density at radius 1 is 1.64 bits per heavy atom. The first-order valence-corrected chi connectivity index (χ1v) is 5.24. The van der Waals surface area contributed by atoms with Gasteiger partial charge in [0.05, 0.1) is 18.7 Å². The van der Waals surface area contributed by atoms with Gasteiger partial charge in [-0.25, -0.2) is 0 Å². The second kappa shape index (κ2) is 4.75. The molecule has 1 fully saturated rings. The molecule has 2 atom stereocenters. The number of carbonyl (C=O) groups is 1. The Morgan fingerprint density at radius 3 is 2.79 bits per heavy atom. The van der Waals surface area contributed by atoms with Crippen LogP contribution in [0.25, 0.3) is 0 Å². The molecule has 1 heterocycles. The molecule has 82 valence electrons. The second-order valence-corrected chi connectivity index (χ2v) is 4.28. The van der Waals surface area contributed by atoms with E-state index < -0.39 is 6.04 Å². The Labute approximate surface area is 85.1 Å². The fourth-order valence-electron chi connectivity index (χ4n) is 1.79. The van der Waals surface area contributed by atoms with Crippen LogP contribution in [0, 0.1) is 5.92 Å². The highest BCUT2D eigenvalue weighted by Crippen LogP contribution is 2.18. The Morgan fingerprint density at radius 2 is 2.29 bits per heavy atom. The van der Waals surface area contributed by atoms with E-state index >= 15 is 0 Å². The summed E-state index contributed by atoms with van der Waals surface area (Å²) in [5.41, 5.74) is 5.78. The first kappa shape index (κ1) is 11.5. The largest absolute Gasteiger partial charge is 0.394 e. The lowest BCUT2D eigenvalue weighted by Crippen LogP contribution is -2.49. The Kier molecular flexibility index (Phi) is 3.89. The number of aliphatic hydroxyl groups is 1. The van der Waals surface area contributed by atoms with Crippen molar-refractivity contribution >= 4 is 5.91 Å². The van der Waals surface area contributed by atoms with Gasteiger partial charge in [-0.15, -0.1) is 0 Å². The molecule has 1 saturated heterocycles. The highest BCUT2D eigenvalue weighted by Gasteiger charge is 2.31. The topological polar surface area (TPSA) is 66.6 Å². The summed E-state index contributed by atoms with van der Waals surface area (Å²) < 4.78 is 0. The SMILES string of the molecule is CC(C)C(N)C(=O)N1CCC[C@@H]1CO. The van der Waals surface area contributed by atoms with Gasteiger partial charge >= 0.3 is 0 Å². The van der Waals surface area contributed by atoms with Crippen molar-refractivity contribution in [3.8, 4) is 0 Å². The molecule has 4 heteroatoms. The number of aliphatic hydroxyl groups excluding tert-OH is 1. The third-order valence-corrected chi connectivity index (χ3v) is 2.87. The van der Waals surface area contributed by atoms with Gasteiger partial charge in [-0.1, -0.05) is 13.8 Å². The van der Waals surface area contributed by atoms with E-state index in [-0.39, 0.29) is 24.5 Å². The van der Waals surface area contributed by atoms with Crippen LogP contribution in [-0.2, 0) is 4.79 Å². The van der Waals surface area contributed by atoms with Crippen molar-refractivity contribution in [1.29, 1.82) is 0 Å². The van der Waals surface area contributed by atoms with Crippen LogP contribution in [0.3, 0.4) is 0 Å². The molecule has 1 aliphatic rings. The summed E-state index contributed by atoms with van der Waals surface area (Å²) in [5.74, 6) is 0.138. The average molecular weight is 200 g/mol. The third-order valence-electron chi connectivity index (χ3n) is 2.87. The second-order valence-electron chi connectivity index (χ2n) is 4.28. The first-order valence-electron chi connectivity index (χ1n) is 5.24. The van der Waals surface area contributed by atoms with Gasteiger partial charge in [-0.3, -0.25) is 4.79 Å². The van der Waals surface area contributed by atoms with E-state index in [2.05, 4.69) is 0 Å². The summed E-state index contributed by atoms with van der Waals surface area (Å²) in [7, 11) is 0. The molecule has 0 radical (unpaired) electrons. The van der Waals surface area contributed by atoms with Crippen molar-refractivity contribution in [3.63, 3.8) is 0 Å². The van der Waals surface area contributed by atoms with E-state index in [0.29, 0.717) is 0 Å². The summed E-state index contributed by atoms with van der Waals surface area (Å²) in [4.78, 5) is 13.6. The smallest absolute Gasteiger partial charge is 0.240 e. The van der Waals surface area contributed by atoms with Crippen molar-refractivity contribution < 1.29 is 9.90 Å². The number of hydrogen-bond acceptors (Lipinski definition) is 3. The Hall–Kier alpha value is -0.610. The highest BCUT2D eigenvalue weighted by molar-refractivity contribution is 5.82. The van der Waals surface area contributed by atoms with Crippen LogP contribution < -0.4 is 5.73 Å². The summed E-state index contributed by atoms with van der Waals surface area (Å²) in [5, 5.41) is 9.07. The van der Waals surface area contributed by atoms with Crippen molar-refractivity contribution in [1.82, 2.24) is 4.90 Å². The van der Waals surface area contributed by atoms with Crippen LogP contribution in [0.15, 0.2) is 0 Å². The van der Waals surface area contributed by atoms with Crippen LogP contribution in [0.5, 0.6) is 0 Å². The predicted octanol–water partition coefficient (Wildman–Crippen LogP) is -0.0470. The molecule has 1 unspecified atom stereocenters. The van der Waals surface area contributed by atoms with Gasteiger partial charge in [0.1, 0.15) is 0 Å². The molecule has 0 saturated carbocycles. The summed E-state index contributed by atoms with van der Waals surface area (Å²) in [6.07, 6.45) is 1.87. The number of amides is 1. The van der Waals surface area contributed by atoms with Crippen molar-refractivity contribution in [2.24, 2.45) is 11.7 Å². The number of rotatable bonds is 3. The quantitative estimate of drug-likeness (QED) is 0.671. The zero-order chi connectivity index (χ0) is 10.7. The van der Waals surface area contributed by atoms with Gasteiger partial charge in [0.2, 0.25) is 5.91 Å². The minimum absolute atomic E-state index is 0.00713. The van der Waals surface area contributed by atoms with E-state index in [4.69, 9.17) is 10.8 Å². The lowest BCUT2D eigenvalue weighted by molar-refractivity contribution is -0.135. The highest BCUT2D eigenvalue weighted by atomic mass is 16.3. The predicted molar refractivity (Wildman–Crippen MR) is 54.6 cm³/mol. The van der Waals surface area contributed by atoms with Gasteiger partial charge in [-0.05, 0) is 18.8 Å². The normalized spacial score (nSPS) is 24.4. The van der Waals surface area contributed by atoms with Crippen molar-refractivity contribution in [2.45, 2.75) is 38.8 Å². The molecule has 14 heavy (non-hydrogen) atoms. The van der Waals surface area contributed by atoms with E-state index in [1.165, 1.54) is 0 Å². The van der Waals surface area contributed by atoms with Crippen molar-refractivity contribution in [3.05, 3.63) is 0 Å². The number of nitrogens with zero attached hydrogens (tertiary/aromatic N) is 1. The zero-order valence-corrected chi connectivity index (χ0v) is 8.94. The average Bonchev–Trinajstić information content (AvgIpc) is 2.62. The Bertz CT molecular complexity index is 206. The molecule has 1 amide bonds. The molecule has 1 rings (SSSR count). The zero-order valence-electron chi connectivity index (χ0n) is 8.94. The van der Waals surface area contributed by atoms with Crippen LogP contribution in [-0.4, -0.2) is 41.1 Å². The summed E-state index contributed by atoms with van der Waals surface area (Å²) >= 11 is 0. The van der Waals surface area contributed by atoms with E-state index in [9.17, 15) is 4.79 Å². The van der Waals surface area contributed by atoms with Gasteiger partial charge in [0.15, 0.2) is 0 Å². The molecule has 0 aliphatic carbocycles. The van der Waals surface area contributed by atoms with Crippen LogP contribution in [0.1, 0.15) is 26.7 Å². The number of likely N-dealkylation sites (tertiary alicyclic amines) is 1. The first-order chi connectivity index (χ1) is 6.57. The Balaban J connectivity index is 2.59. The fourth-order valence-corrected chi connectivity index (χ4v) is 1.79. The van der Waals surface area contributed by atoms with E-state index in [1.807, 2.05) is 13.8 Å². The molecule has 0 spiro atoms. The number of nitrogens with two attached hydrogens (primary N) is 1. The molecule has 0 aromatic heterocycles. The van der Waals surface area contributed by atoms with Gasteiger partial charge in [-0.2, -0.15) is 0 Å². The minimum atomic E-state index is -0.429. The molecule has 3 N–H and O–H groups in total. The summed E-state index contributed by atoms with van der Waals surface area (Å²) in [6, 6.07) is -0.436. The standard InChI is InChI=1S/C10H20N2O2/c1-7(2)9(11)10(14)12-5-3-4-8(12)6-13/h7-9,13H,3-6,11H2,1-2H3/t8-,9?/m1/s1. The van der Waals surface area contributed by atoms with Gasteiger partial charge in [0.25, 0.3) is 0 Å². The van der Waals surface area contributed by atoms with Crippen molar-refractivity contribution in [2.75, 3.05) is 13.2 Å². The van der Waals surface area contributed by atoms with Crippen LogP contribution in [0.4, 0.5) is 0 Å². The van der Waals surface area contributed by atoms with E-state index in [0.717, 1.165) is 19.4 Å². The minimum Gasteiger partial charge on any atom is -0.394 e. The molecule has 0 aromatic rings. The van der Waals surface area contributed by atoms with Gasteiger partial charge in [0, 0.05) is 6.54 Å². The maximum absolute atomic E-state index is 11.8. The van der Waals surface area contributed by atoms with E-state index in [1.54, 1.807) is 4.90 Å². The fraction of sp³-hybridized carbons (Fsp3) is 0.900. The van der Waals surface area contributed by atoms with Crippen LogP contribution in [0.2, 0.25) is 0 Å². The number of hydrogen-bond donors (Lipinski definition) is 2. The third kappa shape index (κ3) is 2.25. The molecular formula is C10H20N2O2. The molecule has 1 aliphatic heterocycles. The lowest BCUT2D eigenvalue weighted by Gasteiger charge is -2.27. The molecule has 0 bridgehead atoms. The molecule has 4 nitrogen and oxygen atoms in total. The summed E-state index contributed by atoms with van der Waals surface area (Å²) in [6.45, 7) is 4.67. The molecule has 0 aromatic carbocycles. The lowest BCUT2D eigenvalue weighted by atomic mass is 10.0. The molecular weight excluding hydrogens is 180 g/mol. The monoisotopic (exact) mass is 200 g/mol. The van der Waals surface area contributed by atoms with Crippen LogP contribution >= 0.6 is 0 Å².